The van der Waals surface area contributed by atoms with Crippen molar-refractivity contribution in [3.63, 3.8) is 0 Å². The lowest BCUT2D eigenvalue weighted by Crippen LogP contribution is -2.42. The zero-order chi connectivity index (χ0) is 15.9. The lowest BCUT2D eigenvalue weighted by Gasteiger charge is -2.45. The number of hydrogen-bond acceptors (Lipinski definition) is 2. The molecular weight excluding hydrogens is 296 g/mol. The van der Waals surface area contributed by atoms with E-state index in [1.54, 1.807) is 0 Å². The summed E-state index contributed by atoms with van der Waals surface area (Å²) >= 11 is 5.91. The monoisotopic (exact) mass is 316 g/mol. The Kier molecular flexibility index (Phi) is 4.00. The average Bonchev–Trinajstić information content (AvgIpc) is 2.49. The Morgan fingerprint density at radius 3 is 2.68 bits per heavy atom. The van der Waals surface area contributed by atoms with E-state index in [9.17, 15) is 9.90 Å². The van der Waals surface area contributed by atoms with Gasteiger partial charge in [0.05, 0.1) is 6.10 Å². The van der Waals surface area contributed by atoms with Crippen molar-refractivity contribution in [1.82, 2.24) is 0 Å². The first-order valence-electron chi connectivity index (χ1n) is 7.81. The molecule has 0 aliphatic heterocycles. The third-order valence-electron chi connectivity index (χ3n) is 5.18. The summed E-state index contributed by atoms with van der Waals surface area (Å²) in [6, 6.07) is 7.48. The van der Waals surface area contributed by atoms with E-state index in [-0.39, 0.29) is 17.3 Å². The van der Waals surface area contributed by atoms with E-state index in [0.29, 0.717) is 11.4 Å². The number of aliphatic hydroxyl groups excluding tert-OH is 1. The van der Waals surface area contributed by atoms with Gasteiger partial charge in [-0.3, -0.25) is 4.79 Å². The topological polar surface area (TPSA) is 37.3 Å². The fourth-order valence-corrected chi connectivity index (χ4v) is 3.97. The highest BCUT2D eigenvalue weighted by molar-refractivity contribution is 6.30. The van der Waals surface area contributed by atoms with Crippen LogP contribution in [0.4, 0.5) is 0 Å². The van der Waals surface area contributed by atoms with Gasteiger partial charge in [0, 0.05) is 16.0 Å². The van der Waals surface area contributed by atoms with Crippen LogP contribution in [0.5, 0.6) is 0 Å². The third-order valence-corrected chi connectivity index (χ3v) is 5.43. The van der Waals surface area contributed by atoms with E-state index < -0.39 is 0 Å². The highest BCUT2D eigenvalue weighted by Crippen LogP contribution is 2.50. The number of carbonyl (C=O) groups excluding carboxylic acids is 1. The Bertz CT molecular complexity index is 669. The molecule has 116 valence electrons. The third kappa shape index (κ3) is 2.55. The minimum atomic E-state index is -0.368. The van der Waals surface area contributed by atoms with Gasteiger partial charge in [-0.2, -0.15) is 0 Å². The first-order valence-corrected chi connectivity index (χ1v) is 8.19. The number of fused-ring (bicyclic) bond motifs is 1. The summed E-state index contributed by atoms with van der Waals surface area (Å²) in [6.07, 6.45) is 4.89. The molecule has 1 fully saturated rings. The summed E-state index contributed by atoms with van der Waals surface area (Å²) in [5, 5.41) is 11.2. The largest absolute Gasteiger partial charge is 0.392 e. The second-order valence-corrected chi connectivity index (χ2v) is 7.09. The summed E-state index contributed by atoms with van der Waals surface area (Å²) in [5.41, 5.74) is 3.44. The fourth-order valence-electron chi connectivity index (χ4n) is 3.85. The number of Topliss-reactive ketones (excluding diaryl/α,β-unsaturated/α-hetero) is 1. The maximum Gasteiger partial charge on any atom is 0.184 e. The molecule has 0 aromatic heterocycles. The maximum absolute atomic E-state index is 12.7. The van der Waals surface area contributed by atoms with Gasteiger partial charge in [-0.05, 0) is 62.0 Å². The van der Waals surface area contributed by atoms with Crippen LogP contribution in [0.3, 0.4) is 0 Å². The number of aliphatic hydroxyl groups is 1. The predicted octanol–water partition coefficient (Wildman–Crippen LogP) is 4.56. The molecule has 1 N–H and O–H groups in total. The molecule has 2 aliphatic carbocycles. The van der Waals surface area contributed by atoms with Crippen LogP contribution in [0.2, 0.25) is 5.02 Å². The van der Waals surface area contributed by atoms with Crippen molar-refractivity contribution in [2.24, 2.45) is 5.41 Å². The molecule has 1 saturated carbocycles. The van der Waals surface area contributed by atoms with Gasteiger partial charge >= 0.3 is 0 Å². The van der Waals surface area contributed by atoms with Crippen molar-refractivity contribution in [1.29, 1.82) is 0 Å². The van der Waals surface area contributed by atoms with Crippen LogP contribution in [-0.4, -0.2) is 17.0 Å². The zero-order valence-corrected chi connectivity index (χ0v) is 13.8. The average molecular weight is 317 g/mol. The molecule has 2 atom stereocenters. The minimum Gasteiger partial charge on any atom is -0.392 e. The normalized spacial score (nSPS) is 30.6. The number of allylic oxidation sites excluding steroid dienone is 2. The first kappa shape index (κ1) is 15.5. The van der Waals surface area contributed by atoms with Crippen molar-refractivity contribution in [3.8, 4) is 0 Å². The molecule has 3 rings (SSSR count). The summed E-state index contributed by atoms with van der Waals surface area (Å²) < 4.78 is 0. The van der Waals surface area contributed by atoms with Crippen LogP contribution in [0.1, 0.15) is 45.1 Å². The molecule has 0 unspecified atom stereocenters. The highest BCUT2D eigenvalue weighted by Gasteiger charge is 2.45. The van der Waals surface area contributed by atoms with Crippen LogP contribution in [0.25, 0.3) is 6.08 Å². The molecule has 1 aromatic rings. The Balaban J connectivity index is 2.03. The van der Waals surface area contributed by atoms with Crippen molar-refractivity contribution in [2.45, 2.75) is 45.6 Å². The van der Waals surface area contributed by atoms with Gasteiger partial charge in [-0.1, -0.05) is 36.2 Å². The van der Waals surface area contributed by atoms with Gasteiger partial charge in [0.25, 0.3) is 0 Å². The molecule has 3 heteroatoms. The number of benzene rings is 1. The summed E-state index contributed by atoms with van der Waals surface area (Å²) in [4.78, 5) is 12.7. The number of rotatable bonds is 1. The molecule has 0 radical (unpaired) electrons. The summed E-state index contributed by atoms with van der Waals surface area (Å²) in [7, 11) is 0. The Labute approximate surface area is 136 Å². The van der Waals surface area contributed by atoms with E-state index in [1.165, 1.54) is 0 Å². The predicted molar refractivity (Wildman–Crippen MR) is 89.7 cm³/mol. The summed E-state index contributed by atoms with van der Waals surface area (Å²) in [5.74, 6) is 0.122. The number of hydrogen-bond donors (Lipinski definition) is 1. The van der Waals surface area contributed by atoms with Crippen molar-refractivity contribution < 1.29 is 9.90 Å². The van der Waals surface area contributed by atoms with E-state index >= 15 is 0 Å². The number of ketones is 1. The summed E-state index contributed by atoms with van der Waals surface area (Å²) in [6.45, 7) is 4.00. The fraction of sp³-hybridized carbons (Fsp3) is 0.421. The highest BCUT2D eigenvalue weighted by atomic mass is 35.5. The maximum atomic E-state index is 12.7. The van der Waals surface area contributed by atoms with E-state index in [4.69, 9.17) is 11.6 Å². The second kappa shape index (κ2) is 5.68. The molecule has 0 heterocycles. The SMILES string of the molecule is CC1=C2CCC[C@H](O)[C@@]2(C)C/C(=C\c2ccc(Cl)cc2)C1=O. The Morgan fingerprint density at radius 1 is 1.32 bits per heavy atom. The first-order chi connectivity index (χ1) is 10.4. The van der Waals surface area contributed by atoms with Crippen molar-refractivity contribution in [3.05, 3.63) is 51.6 Å². The lowest BCUT2D eigenvalue weighted by molar-refractivity contribution is -0.113. The quantitative estimate of drug-likeness (QED) is 0.771. The number of carbonyl (C=O) groups is 1. The van der Waals surface area contributed by atoms with Crippen LogP contribution in [0.15, 0.2) is 41.0 Å². The van der Waals surface area contributed by atoms with Gasteiger partial charge < -0.3 is 5.11 Å². The van der Waals surface area contributed by atoms with Crippen LogP contribution in [-0.2, 0) is 4.79 Å². The molecule has 2 aliphatic rings. The molecule has 0 bridgehead atoms. The second-order valence-electron chi connectivity index (χ2n) is 6.66. The van der Waals surface area contributed by atoms with E-state index in [2.05, 4.69) is 6.92 Å². The molecule has 0 spiro atoms. The van der Waals surface area contributed by atoms with Gasteiger partial charge in [-0.15, -0.1) is 0 Å². The van der Waals surface area contributed by atoms with Gasteiger partial charge in [0.1, 0.15) is 0 Å². The van der Waals surface area contributed by atoms with Gasteiger partial charge in [0.15, 0.2) is 5.78 Å². The smallest absolute Gasteiger partial charge is 0.184 e. The lowest BCUT2D eigenvalue weighted by atomic mass is 9.61. The molecule has 2 nitrogen and oxygen atoms in total. The Morgan fingerprint density at radius 2 is 2.00 bits per heavy atom. The van der Waals surface area contributed by atoms with Gasteiger partial charge in [-0.25, -0.2) is 0 Å². The van der Waals surface area contributed by atoms with Crippen LogP contribution in [0, 0.1) is 5.41 Å². The Hall–Kier alpha value is -1.38. The molecule has 0 saturated heterocycles. The van der Waals surface area contributed by atoms with Crippen molar-refractivity contribution in [2.75, 3.05) is 0 Å². The van der Waals surface area contributed by atoms with Crippen molar-refractivity contribution >= 4 is 23.5 Å². The molecular formula is C19H21ClO2. The van der Waals surface area contributed by atoms with Gasteiger partial charge in [0.2, 0.25) is 0 Å². The minimum absolute atomic E-state index is 0.122. The van der Waals surface area contributed by atoms with Crippen LogP contribution < -0.4 is 0 Å². The molecule has 0 amide bonds. The van der Waals surface area contributed by atoms with E-state index in [1.807, 2.05) is 37.3 Å². The standard InChI is InChI=1S/C19H21ClO2/c1-12-16-4-3-5-17(21)19(16,2)11-14(18(12)22)10-13-6-8-15(20)9-7-13/h6-10,17,21H,3-5,11H2,1-2H3/b14-10+/t17-,19-/m0/s1. The molecule has 22 heavy (non-hydrogen) atoms. The number of halogens is 1. The molecule has 1 aromatic carbocycles. The van der Waals surface area contributed by atoms with Crippen LogP contribution >= 0.6 is 11.6 Å². The zero-order valence-electron chi connectivity index (χ0n) is 13.0. The van der Waals surface area contributed by atoms with E-state index in [0.717, 1.165) is 41.5 Å².